The fourth-order valence-electron chi connectivity index (χ4n) is 2.61. The van der Waals surface area contributed by atoms with Crippen molar-refractivity contribution in [2.75, 3.05) is 13.7 Å². The number of methoxy groups -OCH3 is 1. The maximum Gasteiger partial charge on any atom is 0.323 e. The molecule has 0 amide bonds. The average Bonchev–Trinajstić information content (AvgIpc) is 2.60. The molecule has 0 aliphatic carbocycles. The summed E-state index contributed by atoms with van der Waals surface area (Å²) < 4.78 is 10.4. The maximum atomic E-state index is 11.9. The number of unbranched alkanes of at least 4 members (excludes halogenated alkanes) is 7. The van der Waals surface area contributed by atoms with Gasteiger partial charge in [0.2, 0.25) is 0 Å². The second-order valence-corrected chi connectivity index (χ2v) is 6.30. The van der Waals surface area contributed by atoms with E-state index >= 15 is 0 Å². The molecule has 1 rings (SSSR count). The molecular formula is C20H33NO3. The lowest BCUT2D eigenvalue weighted by Gasteiger charge is -2.12. The Balaban J connectivity index is 2.09. The highest BCUT2D eigenvalue weighted by atomic mass is 16.5. The molecule has 4 heteroatoms. The Bertz CT molecular complexity index is 445. The quantitative estimate of drug-likeness (QED) is 0.432. The number of benzene rings is 1. The zero-order valence-electron chi connectivity index (χ0n) is 15.3. The van der Waals surface area contributed by atoms with Gasteiger partial charge >= 0.3 is 5.97 Å². The Kier molecular flexibility index (Phi) is 10.9. The molecule has 0 heterocycles. The lowest BCUT2D eigenvalue weighted by Crippen LogP contribution is -2.34. The van der Waals surface area contributed by atoms with Crippen LogP contribution in [0.4, 0.5) is 0 Å². The molecule has 0 bridgehead atoms. The van der Waals surface area contributed by atoms with Crippen molar-refractivity contribution in [3.63, 3.8) is 0 Å². The highest BCUT2D eigenvalue weighted by molar-refractivity contribution is 5.75. The van der Waals surface area contributed by atoms with Crippen molar-refractivity contribution in [1.29, 1.82) is 0 Å². The lowest BCUT2D eigenvalue weighted by molar-refractivity contribution is -0.145. The summed E-state index contributed by atoms with van der Waals surface area (Å²) in [6.45, 7) is 2.71. The van der Waals surface area contributed by atoms with E-state index in [1.54, 1.807) is 7.11 Å². The smallest absolute Gasteiger partial charge is 0.323 e. The summed E-state index contributed by atoms with van der Waals surface area (Å²) >= 11 is 0. The van der Waals surface area contributed by atoms with Crippen LogP contribution in [0.25, 0.3) is 0 Å². The standard InChI is InChI=1S/C20H33NO3/c1-3-4-5-6-7-8-9-10-15-24-20(22)19(21)16-17-11-13-18(23-2)14-12-17/h11-14,19H,3-10,15-16,21H2,1-2H3. The van der Waals surface area contributed by atoms with Gasteiger partial charge in [-0.2, -0.15) is 0 Å². The molecule has 0 fully saturated rings. The molecule has 0 aliphatic rings. The first-order chi connectivity index (χ1) is 11.7. The highest BCUT2D eigenvalue weighted by Gasteiger charge is 2.15. The Labute approximate surface area is 146 Å². The van der Waals surface area contributed by atoms with Gasteiger partial charge < -0.3 is 15.2 Å². The van der Waals surface area contributed by atoms with Crippen LogP contribution >= 0.6 is 0 Å². The van der Waals surface area contributed by atoms with Gasteiger partial charge in [0.15, 0.2) is 0 Å². The molecule has 24 heavy (non-hydrogen) atoms. The molecule has 0 spiro atoms. The van der Waals surface area contributed by atoms with Crippen molar-refractivity contribution in [2.45, 2.75) is 70.8 Å². The van der Waals surface area contributed by atoms with Crippen LogP contribution in [0.2, 0.25) is 0 Å². The lowest BCUT2D eigenvalue weighted by atomic mass is 10.1. The summed E-state index contributed by atoms with van der Waals surface area (Å²) in [5.41, 5.74) is 6.93. The third-order valence-electron chi connectivity index (χ3n) is 4.16. The average molecular weight is 335 g/mol. The fourth-order valence-corrected chi connectivity index (χ4v) is 2.61. The van der Waals surface area contributed by atoms with E-state index in [2.05, 4.69) is 6.92 Å². The van der Waals surface area contributed by atoms with Gasteiger partial charge in [-0.3, -0.25) is 4.79 Å². The summed E-state index contributed by atoms with van der Waals surface area (Å²) in [6.07, 6.45) is 10.3. The van der Waals surface area contributed by atoms with E-state index in [-0.39, 0.29) is 5.97 Å². The van der Waals surface area contributed by atoms with E-state index in [1.165, 1.54) is 38.5 Å². The number of carbonyl (C=O) groups excluding carboxylic acids is 1. The summed E-state index contributed by atoms with van der Waals surface area (Å²) in [4.78, 5) is 11.9. The Hall–Kier alpha value is -1.55. The number of nitrogens with two attached hydrogens (primary N) is 1. The van der Waals surface area contributed by atoms with E-state index in [4.69, 9.17) is 15.2 Å². The van der Waals surface area contributed by atoms with Crippen LogP contribution in [0.5, 0.6) is 5.75 Å². The van der Waals surface area contributed by atoms with Gasteiger partial charge in [-0.25, -0.2) is 0 Å². The van der Waals surface area contributed by atoms with Gasteiger partial charge in [-0.1, -0.05) is 64.0 Å². The van der Waals surface area contributed by atoms with Crippen LogP contribution in [-0.2, 0) is 16.0 Å². The molecule has 1 atom stereocenters. The highest BCUT2D eigenvalue weighted by Crippen LogP contribution is 2.13. The number of hydrogen-bond donors (Lipinski definition) is 1. The fraction of sp³-hybridized carbons (Fsp3) is 0.650. The van der Waals surface area contributed by atoms with E-state index in [1.807, 2.05) is 24.3 Å². The summed E-state index contributed by atoms with van der Waals surface area (Å²) in [5.74, 6) is 0.485. The first-order valence-electron chi connectivity index (χ1n) is 9.22. The van der Waals surface area contributed by atoms with Gasteiger partial charge in [0.25, 0.3) is 0 Å². The summed E-state index contributed by atoms with van der Waals surface area (Å²) in [7, 11) is 1.63. The van der Waals surface area contributed by atoms with E-state index in [0.717, 1.165) is 24.2 Å². The van der Waals surface area contributed by atoms with E-state index in [9.17, 15) is 4.79 Å². The number of hydrogen-bond acceptors (Lipinski definition) is 4. The zero-order chi connectivity index (χ0) is 17.6. The topological polar surface area (TPSA) is 61.5 Å². The van der Waals surface area contributed by atoms with Crippen molar-refractivity contribution < 1.29 is 14.3 Å². The minimum Gasteiger partial charge on any atom is -0.497 e. The minimum absolute atomic E-state index is 0.311. The van der Waals surface area contributed by atoms with Crippen molar-refractivity contribution in [2.24, 2.45) is 5.73 Å². The van der Waals surface area contributed by atoms with Crippen molar-refractivity contribution >= 4 is 5.97 Å². The van der Waals surface area contributed by atoms with Gasteiger partial charge in [0.1, 0.15) is 11.8 Å². The van der Waals surface area contributed by atoms with Crippen LogP contribution in [-0.4, -0.2) is 25.7 Å². The molecule has 0 saturated carbocycles. The van der Waals surface area contributed by atoms with E-state index < -0.39 is 6.04 Å². The van der Waals surface area contributed by atoms with Crippen molar-refractivity contribution in [3.05, 3.63) is 29.8 Å². The second kappa shape index (κ2) is 12.8. The molecule has 136 valence electrons. The Morgan fingerprint density at radius 3 is 2.17 bits per heavy atom. The molecule has 0 aliphatic heterocycles. The number of rotatable bonds is 13. The molecule has 1 aromatic rings. The Morgan fingerprint density at radius 1 is 1.00 bits per heavy atom. The summed E-state index contributed by atoms with van der Waals surface area (Å²) in [5, 5.41) is 0. The van der Waals surface area contributed by atoms with Crippen LogP contribution < -0.4 is 10.5 Å². The van der Waals surface area contributed by atoms with Crippen LogP contribution in [0, 0.1) is 0 Å². The van der Waals surface area contributed by atoms with Crippen molar-refractivity contribution in [3.8, 4) is 5.75 Å². The van der Waals surface area contributed by atoms with Crippen LogP contribution in [0.1, 0.15) is 63.9 Å². The molecule has 0 radical (unpaired) electrons. The molecule has 2 N–H and O–H groups in total. The number of ether oxygens (including phenoxy) is 2. The van der Waals surface area contributed by atoms with Gasteiger partial charge in [-0.05, 0) is 30.5 Å². The number of esters is 1. The van der Waals surface area contributed by atoms with Gasteiger partial charge in [0.05, 0.1) is 13.7 Å². The Morgan fingerprint density at radius 2 is 1.58 bits per heavy atom. The third kappa shape index (κ3) is 8.92. The van der Waals surface area contributed by atoms with Crippen molar-refractivity contribution in [1.82, 2.24) is 0 Å². The largest absolute Gasteiger partial charge is 0.497 e. The SMILES string of the molecule is CCCCCCCCCCOC(=O)C(N)Cc1ccc(OC)cc1. The van der Waals surface area contributed by atoms with Crippen LogP contribution in [0.15, 0.2) is 24.3 Å². The van der Waals surface area contributed by atoms with E-state index in [0.29, 0.717) is 13.0 Å². The molecular weight excluding hydrogens is 302 g/mol. The van der Waals surface area contributed by atoms with Crippen LogP contribution in [0.3, 0.4) is 0 Å². The maximum absolute atomic E-state index is 11.9. The molecule has 1 aromatic carbocycles. The monoisotopic (exact) mass is 335 g/mol. The molecule has 0 saturated heterocycles. The number of carbonyl (C=O) groups is 1. The normalized spacial score (nSPS) is 12.0. The first kappa shape index (κ1) is 20.5. The molecule has 1 unspecified atom stereocenters. The van der Waals surface area contributed by atoms with Gasteiger partial charge in [0, 0.05) is 0 Å². The van der Waals surface area contributed by atoms with Gasteiger partial charge in [-0.15, -0.1) is 0 Å². The predicted molar refractivity (Wildman–Crippen MR) is 98.2 cm³/mol. The molecule has 0 aromatic heterocycles. The summed E-state index contributed by atoms with van der Waals surface area (Å²) in [6, 6.07) is 6.98. The molecule has 4 nitrogen and oxygen atoms in total. The minimum atomic E-state index is -0.604. The first-order valence-corrected chi connectivity index (χ1v) is 9.22. The second-order valence-electron chi connectivity index (χ2n) is 6.30. The predicted octanol–water partition coefficient (Wildman–Crippen LogP) is 4.25. The zero-order valence-corrected chi connectivity index (χ0v) is 15.3. The third-order valence-corrected chi connectivity index (χ3v) is 4.16.